The van der Waals surface area contributed by atoms with Crippen LogP contribution in [-0.4, -0.2) is 48.4 Å². The Morgan fingerprint density at radius 2 is 1.73 bits per heavy atom. The number of halogens is 1. The lowest BCUT2D eigenvalue weighted by Gasteiger charge is -2.29. The van der Waals surface area contributed by atoms with Gasteiger partial charge in [0.15, 0.2) is 6.23 Å². The van der Waals surface area contributed by atoms with Crippen LogP contribution in [0.25, 0.3) is 0 Å². The second-order valence-corrected chi connectivity index (χ2v) is 10.7. The molecule has 1 aromatic heterocycles. The van der Waals surface area contributed by atoms with Gasteiger partial charge >= 0.3 is 0 Å². The highest BCUT2D eigenvalue weighted by Gasteiger charge is 2.32. The van der Waals surface area contributed by atoms with Crippen molar-refractivity contribution in [3.8, 4) is 0 Å². The minimum atomic E-state index is -3.98. The quantitative estimate of drug-likeness (QED) is 0.200. The minimum absolute atomic E-state index is 0.0862. The topological polar surface area (TPSA) is 125 Å². The van der Waals surface area contributed by atoms with E-state index in [1.165, 1.54) is 25.5 Å². The van der Waals surface area contributed by atoms with E-state index in [0.717, 1.165) is 13.4 Å². The molecule has 0 radical (unpaired) electrons. The highest BCUT2D eigenvalue weighted by atomic mass is 127. The first-order chi connectivity index (χ1) is 15.6. The number of nitrogen functional groups attached to an aromatic ring is 1. The largest absolute Gasteiger partial charge is 0.399 e. The van der Waals surface area contributed by atoms with Crippen LogP contribution in [0.2, 0.25) is 0 Å². The van der Waals surface area contributed by atoms with E-state index in [1.807, 2.05) is 43.1 Å². The van der Waals surface area contributed by atoms with Crippen LogP contribution in [0.3, 0.4) is 0 Å². The van der Waals surface area contributed by atoms with Gasteiger partial charge in [-0.1, -0.05) is 12.1 Å². The van der Waals surface area contributed by atoms with E-state index < -0.39 is 16.3 Å². The molecule has 3 aromatic rings. The summed E-state index contributed by atoms with van der Waals surface area (Å²) in [6.45, 7) is 2.89. The Hall–Kier alpha value is -2.48. The lowest BCUT2D eigenvalue weighted by Crippen LogP contribution is -2.33. The van der Waals surface area contributed by atoms with E-state index >= 15 is 0 Å². The maximum absolute atomic E-state index is 13.2. The highest BCUT2D eigenvalue weighted by molar-refractivity contribution is 14.1. The molecule has 0 saturated carbocycles. The first-order valence-electron chi connectivity index (χ1n) is 10.2. The number of aromatic nitrogens is 2. The molecule has 0 saturated heterocycles. The third-order valence-corrected chi connectivity index (χ3v) is 7.61. The van der Waals surface area contributed by atoms with E-state index in [4.69, 9.17) is 5.73 Å². The molecule has 4 N–H and O–H groups in total. The molecule has 176 valence electrons. The second kappa shape index (κ2) is 10.6. The van der Waals surface area contributed by atoms with Crippen LogP contribution in [0, 0.1) is 3.57 Å². The molecule has 0 aliphatic carbocycles. The predicted octanol–water partition coefficient (Wildman–Crippen LogP) is 3.04. The zero-order valence-electron chi connectivity index (χ0n) is 18.6. The Bertz CT molecular complexity index is 1190. The van der Waals surface area contributed by atoms with Crippen LogP contribution in [0.4, 0.5) is 17.3 Å². The molecule has 0 aliphatic rings. The van der Waals surface area contributed by atoms with Gasteiger partial charge < -0.3 is 21.1 Å². The summed E-state index contributed by atoms with van der Waals surface area (Å²) in [6, 6.07) is 13.9. The molecule has 0 aliphatic heterocycles. The van der Waals surface area contributed by atoms with Crippen LogP contribution < -0.4 is 16.0 Å². The van der Waals surface area contributed by atoms with Crippen LogP contribution in [0.5, 0.6) is 0 Å². The summed E-state index contributed by atoms with van der Waals surface area (Å²) < 4.78 is 28.3. The predicted molar refractivity (Wildman–Crippen MR) is 138 cm³/mol. The number of hydrogen-bond acceptors (Lipinski definition) is 8. The van der Waals surface area contributed by atoms with E-state index in [9.17, 15) is 13.5 Å². The van der Waals surface area contributed by atoms with Gasteiger partial charge in [-0.05, 0) is 71.5 Å². The Balaban J connectivity index is 2.00. The number of nitrogens with two attached hydrogens (primary N) is 1. The van der Waals surface area contributed by atoms with E-state index in [0.29, 0.717) is 30.4 Å². The SMILES string of the molecule is CCNc1ncnc(N(C)Cc2ccc(N)cc2)c1[C@H](O)N(C)S(=O)(=O)c1ccc(I)cc1. The zero-order chi connectivity index (χ0) is 24.2. The maximum Gasteiger partial charge on any atom is 0.245 e. The Kier molecular flexibility index (Phi) is 8.10. The molecule has 1 atom stereocenters. The summed E-state index contributed by atoms with van der Waals surface area (Å²) in [7, 11) is -0.821. The molecule has 9 nitrogen and oxygen atoms in total. The number of benzene rings is 2. The molecule has 1 heterocycles. The number of nitrogens with zero attached hydrogens (tertiary/aromatic N) is 4. The number of anilines is 3. The number of hydrogen-bond donors (Lipinski definition) is 3. The van der Waals surface area contributed by atoms with Crippen molar-refractivity contribution >= 4 is 49.9 Å². The van der Waals surface area contributed by atoms with Crippen molar-refractivity contribution in [2.24, 2.45) is 0 Å². The third-order valence-electron chi connectivity index (χ3n) is 5.06. The van der Waals surface area contributed by atoms with Gasteiger partial charge in [0.25, 0.3) is 0 Å². The number of aliphatic hydroxyl groups is 1. The molecule has 0 spiro atoms. The second-order valence-electron chi connectivity index (χ2n) is 7.44. The first-order valence-corrected chi connectivity index (χ1v) is 12.7. The normalized spacial score (nSPS) is 12.5. The van der Waals surface area contributed by atoms with Gasteiger partial charge in [0.1, 0.15) is 18.0 Å². The van der Waals surface area contributed by atoms with Crippen molar-refractivity contribution in [2.45, 2.75) is 24.6 Å². The fourth-order valence-corrected chi connectivity index (χ4v) is 4.83. The van der Waals surface area contributed by atoms with Crippen LogP contribution >= 0.6 is 22.6 Å². The maximum atomic E-state index is 13.2. The standard InChI is InChI=1S/C22H27IN6O3S/c1-4-25-20-19(22(30)29(3)33(31,32)18-11-7-16(23)8-12-18)21(27-14-26-20)28(2)13-15-5-9-17(24)10-6-15/h5-12,14,22,30H,4,13,24H2,1-3H3,(H,25,26,27)/t22-/m0/s1. The number of nitrogens with one attached hydrogen (secondary N) is 1. The molecule has 0 unspecified atom stereocenters. The van der Waals surface area contributed by atoms with Crippen molar-refractivity contribution in [1.29, 1.82) is 0 Å². The fourth-order valence-electron chi connectivity index (χ4n) is 3.29. The minimum Gasteiger partial charge on any atom is -0.399 e. The summed E-state index contributed by atoms with van der Waals surface area (Å²) in [5.74, 6) is 0.777. The fraction of sp³-hybridized carbons (Fsp3) is 0.273. The lowest BCUT2D eigenvalue weighted by molar-refractivity contribution is 0.0786. The molecule has 0 amide bonds. The summed E-state index contributed by atoms with van der Waals surface area (Å²) in [5, 5.41) is 14.4. The van der Waals surface area contributed by atoms with Crippen LogP contribution in [0.15, 0.2) is 59.8 Å². The van der Waals surface area contributed by atoms with E-state index in [-0.39, 0.29) is 10.5 Å². The van der Waals surface area contributed by atoms with Crippen molar-refractivity contribution < 1.29 is 13.5 Å². The van der Waals surface area contributed by atoms with E-state index in [2.05, 4.69) is 37.9 Å². The highest BCUT2D eigenvalue weighted by Crippen LogP contribution is 2.34. The van der Waals surface area contributed by atoms with Gasteiger partial charge in [0.05, 0.1) is 10.5 Å². The molecule has 33 heavy (non-hydrogen) atoms. The first kappa shape index (κ1) is 25.1. The van der Waals surface area contributed by atoms with Crippen molar-refractivity contribution in [1.82, 2.24) is 14.3 Å². The average Bonchev–Trinajstić information content (AvgIpc) is 2.80. The molecule has 0 fully saturated rings. The summed E-state index contributed by atoms with van der Waals surface area (Å²) >= 11 is 2.11. The van der Waals surface area contributed by atoms with Gasteiger partial charge in [-0.2, -0.15) is 4.31 Å². The Labute approximate surface area is 207 Å². The third kappa shape index (κ3) is 5.72. The number of rotatable bonds is 9. The smallest absolute Gasteiger partial charge is 0.245 e. The summed E-state index contributed by atoms with van der Waals surface area (Å²) in [5.41, 5.74) is 7.70. The molecule has 2 aromatic carbocycles. The number of sulfonamides is 1. The van der Waals surface area contributed by atoms with Gasteiger partial charge in [-0.3, -0.25) is 0 Å². The summed E-state index contributed by atoms with van der Waals surface area (Å²) in [4.78, 5) is 10.5. The summed E-state index contributed by atoms with van der Waals surface area (Å²) in [6.07, 6.45) is -0.134. The van der Waals surface area contributed by atoms with Crippen molar-refractivity contribution in [3.05, 3.63) is 69.6 Å². The van der Waals surface area contributed by atoms with Gasteiger partial charge in [-0.15, -0.1) is 0 Å². The molecule has 11 heteroatoms. The molecule has 0 bridgehead atoms. The molecule has 3 rings (SSSR count). The van der Waals surface area contributed by atoms with Crippen LogP contribution in [0.1, 0.15) is 24.3 Å². The number of aliphatic hydroxyl groups excluding tert-OH is 1. The average molecular weight is 582 g/mol. The monoisotopic (exact) mass is 582 g/mol. The molecular formula is C22H27IN6O3S. The lowest BCUT2D eigenvalue weighted by atomic mass is 10.1. The van der Waals surface area contributed by atoms with E-state index in [1.54, 1.807) is 12.1 Å². The van der Waals surface area contributed by atoms with Crippen molar-refractivity contribution in [2.75, 3.05) is 36.6 Å². The Morgan fingerprint density at radius 1 is 1.09 bits per heavy atom. The van der Waals surface area contributed by atoms with Gasteiger partial charge in [-0.25, -0.2) is 18.4 Å². The van der Waals surface area contributed by atoms with Crippen molar-refractivity contribution in [3.63, 3.8) is 0 Å². The van der Waals surface area contributed by atoms with Gasteiger partial charge in [0, 0.05) is 36.4 Å². The van der Waals surface area contributed by atoms with Crippen LogP contribution in [-0.2, 0) is 16.6 Å². The zero-order valence-corrected chi connectivity index (χ0v) is 21.6. The van der Waals surface area contributed by atoms with Gasteiger partial charge in [0.2, 0.25) is 10.0 Å². The Morgan fingerprint density at radius 3 is 2.33 bits per heavy atom. The molecular weight excluding hydrogens is 555 g/mol.